The normalized spacial score (nSPS) is 12.9. The minimum Gasteiger partial charge on any atom is -0.497 e. The van der Waals surface area contributed by atoms with E-state index < -0.39 is 0 Å². The van der Waals surface area contributed by atoms with Gasteiger partial charge in [-0.05, 0) is 47.9 Å². The van der Waals surface area contributed by atoms with Gasteiger partial charge in [0.1, 0.15) is 11.6 Å². The lowest BCUT2D eigenvalue weighted by atomic mass is 9.99. The molecule has 0 unspecified atom stereocenters. The summed E-state index contributed by atoms with van der Waals surface area (Å²) in [4.78, 5) is 11.3. The zero-order valence-electron chi connectivity index (χ0n) is 16.8. The van der Waals surface area contributed by atoms with E-state index >= 15 is 0 Å². The molecule has 0 atom stereocenters. The maximum Gasteiger partial charge on any atom is 0.229 e. The second-order valence-electron chi connectivity index (χ2n) is 6.74. The van der Waals surface area contributed by atoms with Crippen LogP contribution in [-0.4, -0.2) is 37.8 Å². The summed E-state index contributed by atoms with van der Waals surface area (Å²) in [7, 11) is 4.97. The van der Waals surface area contributed by atoms with Gasteiger partial charge in [-0.3, -0.25) is 0 Å². The van der Waals surface area contributed by atoms with Gasteiger partial charge < -0.3 is 24.4 Å². The van der Waals surface area contributed by atoms with Crippen molar-refractivity contribution in [2.45, 2.75) is 13.0 Å². The smallest absolute Gasteiger partial charge is 0.229 e. The molecule has 2 aromatic carbocycles. The van der Waals surface area contributed by atoms with Crippen LogP contribution < -0.4 is 24.4 Å². The van der Waals surface area contributed by atoms with E-state index in [0.29, 0.717) is 5.95 Å². The molecule has 0 aliphatic carbocycles. The number of nitrogens with one attached hydrogen (secondary N) is 1. The van der Waals surface area contributed by atoms with Crippen LogP contribution in [0.5, 0.6) is 17.2 Å². The predicted octanol–water partition coefficient (Wildman–Crippen LogP) is 3.81. The fourth-order valence-corrected chi connectivity index (χ4v) is 3.49. The SMILES string of the molecule is COc1cccc(Nc2nccc(N3CCc4cc(OC)c(OC)cc4C3)n2)c1. The summed E-state index contributed by atoms with van der Waals surface area (Å²) in [5, 5.41) is 3.25. The Morgan fingerprint density at radius 1 is 0.931 bits per heavy atom. The lowest BCUT2D eigenvalue weighted by molar-refractivity contribution is 0.353. The van der Waals surface area contributed by atoms with E-state index in [-0.39, 0.29) is 0 Å². The molecule has 0 spiro atoms. The number of rotatable bonds is 6. The Balaban J connectivity index is 1.54. The highest BCUT2D eigenvalue weighted by Gasteiger charge is 2.20. The average Bonchev–Trinajstić information content (AvgIpc) is 2.78. The highest BCUT2D eigenvalue weighted by atomic mass is 16.5. The minimum absolute atomic E-state index is 0.550. The molecule has 0 amide bonds. The zero-order chi connectivity index (χ0) is 20.2. The van der Waals surface area contributed by atoms with E-state index in [1.165, 1.54) is 11.1 Å². The van der Waals surface area contributed by atoms with Crippen LogP contribution in [0.3, 0.4) is 0 Å². The molecule has 1 N–H and O–H groups in total. The Morgan fingerprint density at radius 2 is 1.72 bits per heavy atom. The summed E-state index contributed by atoms with van der Waals surface area (Å²) in [5.74, 6) is 3.73. The van der Waals surface area contributed by atoms with Gasteiger partial charge in [-0.25, -0.2) is 4.98 Å². The van der Waals surface area contributed by atoms with Gasteiger partial charge in [0.2, 0.25) is 5.95 Å². The van der Waals surface area contributed by atoms with Crippen LogP contribution in [0.15, 0.2) is 48.7 Å². The van der Waals surface area contributed by atoms with Gasteiger partial charge in [-0.2, -0.15) is 4.98 Å². The number of fused-ring (bicyclic) bond motifs is 1. The van der Waals surface area contributed by atoms with Crippen LogP contribution in [0.25, 0.3) is 0 Å². The molecule has 0 fully saturated rings. The Hall–Kier alpha value is -3.48. The number of methoxy groups -OCH3 is 3. The molecule has 0 saturated heterocycles. The zero-order valence-corrected chi connectivity index (χ0v) is 16.8. The molecular formula is C22H24N4O3. The fourth-order valence-electron chi connectivity index (χ4n) is 3.49. The van der Waals surface area contributed by atoms with Gasteiger partial charge in [0.15, 0.2) is 11.5 Å². The molecule has 4 rings (SSSR count). The van der Waals surface area contributed by atoms with Crippen molar-refractivity contribution in [2.24, 2.45) is 0 Å². The van der Waals surface area contributed by atoms with E-state index in [1.807, 2.05) is 30.3 Å². The first-order valence-corrected chi connectivity index (χ1v) is 9.43. The monoisotopic (exact) mass is 392 g/mol. The Bertz CT molecular complexity index is 1010. The number of hydrogen-bond donors (Lipinski definition) is 1. The van der Waals surface area contributed by atoms with E-state index in [9.17, 15) is 0 Å². The number of nitrogens with zero attached hydrogens (tertiary/aromatic N) is 3. The van der Waals surface area contributed by atoms with Gasteiger partial charge in [0, 0.05) is 31.0 Å². The van der Waals surface area contributed by atoms with Crippen molar-refractivity contribution < 1.29 is 14.2 Å². The molecule has 1 aromatic heterocycles. The second kappa shape index (κ2) is 8.26. The van der Waals surface area contributed by atoms with Crippen LogP contribution in [-0.2, 0) is 13.0 Å². The average molecular weight is 392 g/mol. The third-order valence-corrected chi connectivity index (χ3v) is 5.01. The van der Waals surface area contributed by atoms with Crippen LogP contribution in [0.1, 0.15) is 11.1 Å². The molecule has 7 heteroatoms. The van der Waals surface area contributed by atoms with Gasteiger partial charge in [-0.1, -0.05) is 6.07 Å². The van der Waals surface area contributed by atoms with Crippen molar-refractivity contribution in [1.82, 2.24) is 9.97 Å². The highest BCUT2D eigenvalue weighted by molar-refractivity contribution is 5.58. The van der Waals surface area contributed by atoms with Crippen molar-refractivity contribution in [2.75, 3.05) is 38.1 Å². The van der Waals surface area contributed by atoms with Crippen LogP contribution >= 0.6 is 0 Å². The fraction of sp³-hybridized carbons (Fsp3) is 0.273. The first-order valence-electron chi connectivity index (χ1n) is 9.43. The van der Waals surface area contributed by atoms with E-state index in [2.05, 4.69) is 27.3 Å². The van der Waals surface area contributed by atoms with Crippen LogP contribution in [0, 0.1) is 0 Å². The molecule has 1 aliphatic rings. The van der Waals surface area contributed by atoms with E-state index in [0.717, 1.165) is 48.3 Å². The molecule has 0 saturated carbocycles. The van der Waals surface area contributed by atoms with E-state index in [1.54, 1.807) is 27.5 Å². The van der Waals surface area contributed by atoms with Gasteiger partial charge >= 0.3 is 0 Å². The summed E-state index contributed by atoms with van der Waals surface area (Å²) in [6.45, 7) is 1.63. The van der Waals surface area contributed by atoms with Gasteiger partial charge in [-0.15, -0.1) is 0 Å². The lowest BCUT2D eigenvalue weighted by Gasteiger charge is -2.30. The molecule has 0 bridgehead atoms. The summed E-state index contributed by atoms with van der Waals surface area (Å²) in [5.41, 5.74) is 3.37. The number of anilines is 3. The quantitative estimate of drug-likeness (QED) is 0.684. The lowest BCUT2D eigenvalue weighted by Crippen LogP contribution is -2.31. The number of hydrogen-bond acceptors (Lipinski definition) is 7. The molecular weight excluding hydrogens is 368 g/mol. The molecule has 3 aromatic rings. The molecule has 7 nitrogen and oxygen atoms in total. The standard InChI is InChI=1S/C22H24N4O3/c1-27-18-6-4-5-17(13-18)24-22-23-9-7-21(25-22)26-10-8-15-11-19(28-2)20(29-3)12-16(15)14-26/h4-7,9,11-13H,8,10,14H2,1-3H3,(H,23,24,25). The van der Waals surface area contributed by atoms with Gasteiger partial charge in [0.05, 0.1) is 21.3 Å². The molecule has 2 heterocycles. The van der Waals surface area contributed by atoms with Crippen molar-refractivity contribution in [3.05, 3.63) is 59.8 Å². The van der Waals surface area contributed by atoms with Gasteiger partial charge in [0.25, 0.3) is 0 Å². The maximum atomic E-state index is 5.46. The summed E-state index contributed by atoms with van der Waals surface area (Å²) in [6, 6.07) is 13.7. The number of aromatic nitrogens is 2. The van der Waals surface area contributed by atoms with Crippen molar-refractivity contribution in [3.63, 3.8) is 0 Å². The summed E-state index contributed by atoms with van der Waals surface area (Å²) in [6.07, 6.45) is 2.69. The number of benzene rings is 2. The van der Waals surface area contributed by atoms with E-state index in [4.69, 9.17) is 19.2 Å². The third kappa shape index (κ3) is 4.03. The largest absolute Gasteiger partial charge is 0.497 e. The van der Waals surface area contributed by atoms with Crippen LogP contribution in [0.4, 0.5) is 17.5 Å². The maximum absolute atomic E-state index is 5.46. The molecule has 29 heavy (non-hydrogen) atoms. The molecule has 0 radical (unpaired) electrons. The Kier molecular flexibility index (Phi) is 5.37. The van der Waals surface area contributed by atoms with Crippen molar-refractivity contribution in [1.29, 1.82) is 0 Å². The van der Waals surface area contributed by atoms with Crippen molar-refractivity contribution in [3.8, 4) is 17.2 Å². The third-order valence-electron chi connectivity index (χ3n) is 5.01. The summed E-state index contributed by atoms with van der Waals surface area (Å²) >= 11 is 0. The Morgan fingerprint density at radius 3 is 2.48 bits per heavy atom. The number of ether oxygens (including phenoxy) is 3. The minimum atomic E-state index is 0.550. The van der Waals surface area contributed by atoms with Crippen LogP contribution in [0.2, 0.25) is 0 Å². The molecule has 150 valence electrons. The predicted molar refractivity (Wildman–Crippen MR) is 113 cm³/mol. The first kappa shape index (κ1) is 18.9. The Labute approximate surface area is 170 Å². The van der Waals surface area contributed by atoms with Crippen molar-refractivity contribution >= 4 is 17.5 Å². The first-order chi connectivity index (χ1) is 14.2. The highest BCUT2D eigenvalue weighted by Crippen LogP contribution is 2.34. The summed E-state index contributed by atoms with van der Waals surface area (Å²) < 4.78 is 16.2. The second-order valence-corrected chi connectivity index (χ2v) is 6.74. The molecule has 1 aliphatic heterocycles. The topological polar surface area (TPSA) is 68.7 Å².